The minimum atomic E-state index is -0.466. The van der Waals surface area contributed by atoms with Crippen LogP contribution in [0.5, 0.6) is 0 Å². The average Bonchev–Trinajstić information content (AvgIpc) is 3.10. The second-order valence-corrected chi connectivity index (χ2v) is 5.00. The van der Waals surface area contributed by atoms with Gasteiger partial charge >= 0.3 is 0 Å². The minimum Gasteiger partial charge on any atom is -0.355 e. The van der Waals surface area contributed by atoms with E-state index in [0.29, 0.717) is 18.8 Å². The third kappa shape index (κ3) is 4.42. The molecule has 0 bridgehead atoms. The highest BCUT2D eigenvalue weighted by Crippen LogP contribution is 2.19. The van der Waals surface area contributed by atoms with Crippen LogP contribution in [0.3, 0.4) is 0 Å². The molecule has 0 radical (unpaired) electrons. The van der Waals surface area contributed by atoms with Gasteiger partial charge in [0, 0.05) is 24.7 Å². The molecule has 1 heterocycles. The van der Waals surface area contributed by atoms with Crippen molar-refractivity contribution >= 4 is 11.8 Å². The molecule has 0 fully saturated rings. The van der Waals surface area contributed by atoms with Gasteiger partial charge in [0.25, 0.3) is 5.91 Å². The topological polar surface area (TPSA) is 75.4 Å². The Balaban J connectivity index is 1.95. The van der Waals surface area contributed by atoms with E-state index in [1.54, 1.807) is 18.2 Å². The first-order valence-electron chi connectivity index (χ1n) is 7.45. The average molecular weight is 325 g/mol. The van der Waals surface area contributed by atoms with Crippen molar-refractivity contribution in [2.24, 2.45) is 0 Å². The molecule has 0 aliphatic rings. The van der Waals surface area contributed by atoms with Crippen LogP contribution in [-0.4, -0.2) is 41.5 Å². The highest BCUT2D eigenvalue weighted by Gasteiger charge is 2.16. The largest absolute Gasteiger partial charge is 0.355 e. The van der Waals surface area contributed by atoms with Crippen LogP contribution in [0.4, 0.5) is 0 Å². The molecule has 1 aromatic heterocycles. The number of rotatable bonds is 8. The van der Waals surface area contributed by atoms with Gasteiger partial charge in [-0.25, -0.2) is 0 Å². The van der Waals surface area contributed by atoms with Gasteiger partial charge in [0.2, 0.25) is 5.91 Å². The Kier molecular flexibility index (Phi) is 6.08. The highest BCUT2D eigenvalue weighted by atomic mass is 16.5. The van der Waals surface area contributed by atoms with E-state index in [0.717, 1.165) is 5.56 Å². The molecule has 0 spiro atoms. The molecule has 1 aromatic carbocycles. The number of carbonyl (C=O) groups excluding carboxylic acids is 2. The van der Waals surface area contributed by atoms with Crippen molar-refractivity contribution in [3.63, 3.8) is 0 Å². The van der Waals surface area contributed by atoms with E-state index in [4.69, 9.17) is 4.52 Å². The standard InChI is InChI=1S/C18H19N3O3/c1-3-10-21(11-4-2)17(22)13-19-18(23)15-12-16(24-20-15)14-8-6-5-7-9-14/h3-9,12H,1-2,10-11,13H2,(H,19,23). The predicted octanol–water partition coefficient (Wildman–Crippen LogP) is 2.27. The van der Waals surface area contributed by atoms with Crippen molar-refractivity contribution in [2.75, 3.05) is 19.6 Å². The Bertz CT molecular complexity index is 712. The van der Waals surface area contributed by atoms with Crippen LogP contribution in [-0.2, 0) is 4.79 Å². The van der Waals surface area contributed by atoms with Crippen LogP contribution >= 0.6 is 0 Å². The van der Waals surface area contributed by atoms with Crippen LogP contribution in [0.1, 0.15) is 10.5 Å². The maximum Gasteiger partial charge on any atom is 0.273 e. The molecule has 2 aromatic rings. The monoisotopic (exact) mass is 325 g/mol. The summed E-state index contributed by atoms with van der Waals surface area (Å²) in [5, 5.41) is 6.28. The number of hydrogen-bond donors (Lipinski definition) is 1. The lowest BCUT2D eigenvalue weighted by Gasteiger charge is -2.19. The summed E-state index contributed by atoms with van der Waals surface area (Å²) in [7, 11) is 0. The fourth-order valence-corrected chi connectivity index (χ4v) is 2.07. The van der Waals surface area contributed by atoms with Gasteiger partial charge in [-0.2, -0.15) is 0 Å². The molecule has 124 valence electrons. The number of aromatic nitrogens is 1. The molecule has 6 heteroatoms. The first kappa shape index (κ1) is 17.2. The fraction of sp³-hybridized carbons (Fsp3) is 0.167. The van der Waals surface area contributed by atoms with Gasteiger partial charge in [-0.3, -0.25) is 9.59 Å². The molecule has 2 rings (SSSR count). The number of nitrogens with zero attached hydrogens (tertiary/aromatic N) is 2. The van der Waals surface area contributed by atoms with E-state index in [1.807, 2.05) is 30.3 Å². The normalized spacial score (nSPS) is 10.0. The Morgan fingerprint density at radius 2 is 1.83 bits per heavy atom. The summed E-state index contributed by atoms with van der Waals surface area (Å²) >= 11 is 0. The van der Waals surface area contributed by atoms with E-state index in [9.17, 15) is 9.59 Å². The van der Waals surface area contributed by atoms with E-state index >= 15 is 0 Å². The molecule has 0 saturated heterocycles. The van der Waals surface area contributed by atoms with Gasteiger partial charge in [0.05, 0.1) is 6.54 Å². The van der Waals surface area contributed by atoms with Crippen molar-refractivity contribution in [1.82, 2.24) is 15.4 Å². The second-order valence-electron chi connectivity index (χ2n) is 5.00. The van der Waals surface area contributed by atoms with Crippen LogP contribution in [0.15, 0.2) is 66.2 Å². The smallest absolute Gasteiger partial charge is 0.273 e. The van der Waals surface area contributed by atoms with E-state index in [2.05, 4.69) is 23.6 Å². The molecular weight excluding hydrogens is 306 g/mol. The second kappa shape index (κ2) is 8.47. The zero-order valence-corrected chi connectivity index (χ0v) is 13.3. The number of benzene rings is 1. The number of carbonyl (C=O) groups is 2. The Labute approximate surface area is 140 Å². The molecule has 0 saturated carbocycles. The van der Waals surface area contributed by atoms with Crippen molar-refractivity contribution in [1.29, 1.82) is 0 Å². The van der Waals surface area contributed by atoms with E-state index in [1.165, 1.54) is 4.90 Å². The molecule has 0 atom stereocenters. The third-order valence-corrected chi connectivity index (χ3v) is 3.25. The zero-order valence-electron chi connectivity index (χ0n) is 13.3. The van der Waals surface area contributed by atoms with Gasteiger partial charge < -0.3 is 14.7 Å². The summed E-state index contributed by atoms with van der Waals surface area (Å²) in [6.07, 6.45) is 3.24. The lowest BCUT2D eigenvalue weighted by atomic mass is 10.1. The molecule has 6 nitrogen and oxygen atoms in total. The van der Waals surface area contributed by atoms with Crippen LogP contribution < -0.4 is 5.32 Å². The maximum absolute atomic E-state index is 12.1. The summed E-state index contributed by atoms with van der Waals surface area (Å²) in [5.41, 5.74) is 0.948. The summed E-state index contributed by atoms with van der Waals surface area (Å²) in [5.74, 6) is -0.201. The highest BCUT2D eigenvalue weighted by molar-refractivity contribution is 5.95. The van der Waals surface area contributed by atoms with Crippen molar-refractivity contribution < 1.29 is 14.1 Å². The Morgan fingerprint density at radius 1 is 1.17 bits per heavy atom. The lowest BCUT2D eigenvalue weighted by Crippen LogP contribution is -2.40. The predicted molar refractivity (Wildman–Crippen MR) is 91.2 cm³/mol. The maximum atomic E-state index is 12.1. The SMILES string of the molecule is C=CCN(CC=C)C(=O)CNC(=O)c1cc(-c2ccccc2)on1. The summed E-state index contributed by atoms with van der Waals surface area (Å²) in [6.45, 7) is 7.86. The molecule has 0 aliphatic carbocycles. The van der Waals surface area contributed by atoms with Gasteiger partial charge in [0.15, 0.2) is 11.5 Å². The first-order chi connectivity index (χ1) is 11.7. The molecule has 1 N–H and O–H groups in total. The molecule has 24 heavy (non-hydrogen) atoms. The van der Waals surface area contributed by atoms with Gasteiger partial charge in [0.1, 0.15) is 0 Å². The van der Waals surface area contributed by atoms with E-state index in [-0.39, 0.29) is 18.1 Å². The van der Waals surface area contributed by atoms with Crippen molar-refractivity contribution in [2.45, 2.75) is 0 Å². The van der Waals surface area contributed by atoms with Crippen LogP contribution in [0, 0.1) is 0 Å². The van der Waals surface area contributed by atoms with Crippen LogP contribution in [0.25, 0.3) is 11.3 Å². The Hall–Kier alpha value is -3.15. The number of hydrogen-bond acceptors (Lipinski definition) is 4. The Morgan fingerprint density at radius 3 is 2.46 bits per heavy atom. The van der Waals surface area contributed by atoms with Gasteiger partial charge in [-0.15, -0.1) is 13.2 Å². The molecule has 0 unspecified atom stereocenters. The molecule has 2 amide bonds. The van der Waals surface area contributed by atoms with Crippen LogP contribution in [0.2, 0.25) is 0 Å². The quantitative estimate of drug-likeness (QED) is 0.756. The fourth-order valence-electron chi connectivity index (χ4n) is 2.07. The summed E-state index contributed by atoms with van der Waals surface area (Å²) in [4.78, 5) is 25.7. The molecule has 0 aliphatic heterocycles. The van der Waals surface area contributed by atoms with Crippen molar-refractivity contribution in [3.05, 3.63) is 67.4 Å². The first-order valence-corrected chi connectivity index (χ1v) is 7.45. The van der Waals surface area contributed by atoms with Gasteiger partial charge in [-0.1, -0.05) is 47.6 Å². The minimum absolute atomic E-state index is 0.126. The summed E-state index contributed by atoms with van der Waals surface area (Å²) in [6, 6.07) is 10.9. The van der Waals surface area contributed by atoms with Gasteiger partial charge in [-0.05, 0) is 0 Å². The lowest BCUT2D eigenvalue weighted by molar-refractivity contribution is -0.129. The van der Waals surface area contributed by atoms with Crippen molar-refractivity contribution in [3.8, 4) is 11.3 Å². The molecular formula is C18H19N3O3. The van der Waals surface area contributed by atoms with E-state index < -0.39 is 5.91 Å². The third-order valence-electron chi connectivity index (χ3n) is 3.25. The summed E-state index contributed by atoms with van der Waals surface area (Å²) < 4.78 is 5.17. The number of amides is 2. The zero-order chi connectivity index (χ0) is 17.4. The number of nitrogens with one attached hydrogen (secondary N) is 1.